The monoisotopic (exact) mass is 528 g/mol. The Morgan fingerprint density at radius 3 is 1.86 bits per heavy atom. The molecule has 0 radical (unpaired) electrons. The minimum absolute atomic E-state index is 0.227. The number of likely N-dealkylation sites (N-methyl/N-ethyl adjacent to an activating group) is 1. The highest BCUT2D eigenvalue weighted by Gasteiger charge is 2.14. The molecule has 0 bridgehead atoms. The van der Waals surface area contributed by atoms with Crippen LogP contribution in [0.15, 0.2) is 24.3 Å². The summed E-state index contributed by atoms with van der Waals surface area (Å²) in [4.78, 5) is 11.1. The van der Waals surface area contributed by atoms with Crippen LogP contribution in [-0.2, 0) is 20.2 Å². The lowest BCUT2D eigenvalue weighted by molar-refractivity contribution is -0.858. The van der Waals surface area contributed by atoms with Gasteiger partial charge in [-0.3, -0.25) is 0 Å². The number of unbranched alkanes of at least 4 members (excludes halogenated alkanes) is 12. The fourth-order valence-electron chi connectivity index (χ4n) is 3.98. The van der Waals surface area contributed by atoms with Crippen LogP contribution >= 0.6 is 8.60 Å². The van der Waals surface area contributed by atoms with Crippen molar-refractivity contribution in [3.05, 3.63) is 29.8 Å². The molecule has 2 unspecified atom stereocenters. The lowest BCUT2D eigenvalue weighted by Gasteiger charge is -2.18. The van der Waals surface area contributed by atoms with E-state index in [-0.39, 0.29) is 12.7 Å². The number of benzene rings is 1. The van der Waals surface area contributed by atoms with Gasteiger partial charge in [0, 0.05) is 7.11 Å². The second-order valence-corrected chi connectivity index (χ2v) is 11.1. The van der Waals surface area contributed by atoms with Crippen LogP contribution in [0.1, 0.15) is 96.0 Å². The summed E-state index contributed by atoms with van der Waals surface area (Å²) in [5.74, 6) is 0.822. The van der Waals surface area contributed by atoms with Crippen molar-refractivity contribution in [3.8, 4) is 5.75 Å². The number of hydrogen-bond acceptors (Lipinski definition) is 5. The third kappa shape index (κ3) is 19.4. The maximum atomic E-state index is 9.83. The van der Waals surface area contributed by atoms with E-state index in [0.717, 1.165) is 18.7 Å². The summed E-state index contributed by atoms with van der Waals surface area (Å²) in [5, 5.41) is 0. The molecule has 210 valence electrons. The van der Waals surface area contributed by atoms with Crippen LogP contribution in [0.3, 0.4) is 0 Å². The van der Waals surface area contributed by atoms with E-state index in [9.17, 15) is 4.89 Å². The van der Waals surface area contributed by atoms with Gasteiger partial charge in [-0.25, -0.2) is 0 Å². The summed E-state index contributed by atoms with van der Waals surface area (Å²) in [6.45, 7) is 4.15. The Bertz CT molecular complexity index is 602. The lowest BCUT2D eigenvalue weighted by Crippen LogP contribution is -3.06. The number of rotatable bonds is 25. The summed E-state index contributed by atoms with van der Waals surface area (Å²) in [6.07, 6.45) is 18.9. The number of aryl methyl sites for hydroxylation is 1. The van der Waals surface area contributed by atoms with Crippen LogP contribution in [0.25, 0.3) is 0 Å². The molecular formula is C29H55NO5P+. The Kier molecular flexibility index (Phi) is 21.6. The number of nitrogens with one attached hydrogen (secondary N) is 1. The highest BCUT2D eigenvalue weighted by Crippen LogP contribution is 2.32. The minimum Gasteiger partial charge on any atom is -0.491 e. The summed E-state index contributed by atoms with van der Waals surface area (Å²) in [6, 6.07) is 8.36. The van der Waals surface area contributed by atoms with Crippen molar-refractivity contribution in [2.24, 2.45) is 0 Å². The maximum Gasteiger partial charge on any atom is 0.330 e. The molecule has 0 saturated carbocycles. The molecule has 2 N–H and O–H groups in total. The fraction of sp³-hybridized carbons (Fsp3) is 0.793. The zero-order valence-electron chi connectivity index (χ0n) is 23.6. The molecule has 0 aliphatic heterocycles. The molecule has 1 aromatic rings. The maximum absolute atomic E-state index is 9.83. The average Bonchev–Trinajstić information content (AvgIpc) is 2.87. The highest BCUT2D eigenvalue weighted by atomic mass is 31.2. The van der Waals surface area contributed by atoms with Gasteiger partial charge in [-0.15, -0.1) is 0 Å². The van der Waals surface area contributed by atoms with Crippen LogP contribution in [0, 0.1) is 0 Å². The first-order valence-corrected chi connectivity index (χ1v) is 15.5. The second-order valence-electron chi connectivity index (χ2n) is 10.1. The van der Waals surface area contributed by atoms with E-state index in [4.69, 9.17) is 18.5 Å². The molecule has 0 aliphatic rings. The standard InChI is InChI=1S/C29H54NO5P/c1-5-6-7-8-9-10-11-12-13-14-15-16-17-18-27-19-21-28(22-20-27)33-25-29(32-4)26-35-36(31)34-24-23-30(2)3/h19-22,29,31H,5-18,23-26H2,1-4H3/p+1. The largest absolute Gasteiger partial charge is 0.491 e. The first-order valence-electron chi connectivity index (χ1n) is 14.3. The Morgan fingerprint density at radius 1 is 0.778 bits per heavy atom. The molecule has 0 spiro atoms. The normalized spacial score (nSPS) is 13.3. The SMILES string of the molecule is CCCCCCCCCCCCCCCc1ccc(OCC(COP(O)OCC[NH+](C)C)OC)cc1. The number of hydrogen-bond donors (Lipinski definition) is 2. The van der Waals surface area contributed by atoms with Crippen molar-refractivity contribution in [2.45, 2.75) is 103 Å². The van der Waals surface area contributed by atoms with E-state index >= 15 is 0 Å². The Balaban J connectivity index is 2.06. The fourth-order valence-corrected chi connectivity index (χ4v) is 4.60. The topological polar surface area (TPSA) is 61.6 Å². The Hall–Kier alpha value is -0.750. The van der Waals surface area contributed by atoms with Gasteiger partial charge < -0.3 is 28.3 Å². The van der Waals surface area contributed by atoms with Gasteiger partial charge in [-0.2, -0.15) is 0 Å². The number of quaternary nitrogens is 1. The minimum atomic E-state index is -1.88. The van der Waals surface area contributed by atoms with Crippen LogP contribution in [0.2, 0.25) is 0 Å². The van der Waals surface area contributed by atoms with Gasteiger partial charge in [-0.05, 0) is 30.5 Å². The van der Waals surface area contributed by atoms with Gasteiger partial charge in [0.25, 0.3) is 0 Å². The molecule has 0 fully saturated rings. The Morgan fingerprint density at radius 2 is 1.33 bits per heavy atom. The van der Waals surface area contributed by atoms with Crippen molar-refractivity contribution in [1.29, 1.82) is 0 Å². The molecule has 2 atom stereocenters. The van der Waals surface area contributed by atoms with Gasteiger partial charge in [0.05, 0.1) is 20.7 Å². The zero-order chi connectivity index (χ0) is 26.3. The summed E-state index contributed by atoms with van der Waals surface area (Å²) >= 11 is 0. The molecule has 1 aromatic carbocycles. The van der Waals surface area contributed by atoms with Crippen LogP contribution in [-0.4, -0.2) is 58.6 Å². The van der Waals surface area contributed by atoms with Crippen LogP contribution in [0.5, 0.6) is 5.75 Å². The van der Waals surface area contributed by atoms with Crippen molar-refractivity contribution < 1.29 is 28.3 Å². The molecule has 0 aromatic heterocycles. The predicted molar refractivity (Wildman–Crippen MR) is 151 cm³/mol. The van der Waals surface area contributed by atoms with E-state index in [1.54, 1.807) is 7.11 Å². The van der Waals surface area contributed by atoms with Gasteiger partial charge >= 0.3 is 8.60 Å². The highest BCUT2D eigenvalue weighted by molar-refractivity contribution is 7.40. The smallest absolute Gasteiger partial charge is 0.330 e. The first kappa shape index (κ1) is 33.3. The van der Waals surface area contributed by atoms with Crippen LogP contribution < -0.4 is 9.64 Å². The number of methoxy groups -OCH3 is 1. The van der Waals surface area contributed by atoms with E-state index in [2.05, 4.69) is 19.1 Å². The van der Waals surface area contributed by atoms with Crippen LogP contribution in [0.4, 0.5) is 0 Å². The van der Waals surface area contributed by atoms with Gasteiger partial charge in [0.1, 0.15) is 31.6 Å². The molecule has 1 rings (SSSR count). The van der Waals surface area contributed by atoms with Gasteiger partial charge in [0.2, 0.25) is 0 Å². The van der Waals surface area contributed by atoms with E-state index in [0.29, 0.717) is 13.2 Å². The van der Waals surface area contributed by atoms with E-state index in [1.807, 2.05) is 26.2 Å². The third-order valence-electron chi connectivity index (χ3n) is 6.44. The molecule has 7 heteroatoms. The van der Waals surface area contributed by atoms with Crippen molar-refractivity contribution in [3.63, 3.8) is 0 Å². The zero-order valence-corrected chi connectivity index (χ0v) is 24.5. The average molecular weight is 529 g/mol. The van der Waals surface area contributed by atoms with Crippen molar-refractivity contribution in [1.82, 2.24) is 0 Å². The predicted octanol–water partition coefficient (Wildman–Crippen LogP) is 6.11. The molecule has 6 nitrogen and oxygen atoms in total. The van der Waals surface area contributed by atoms with Crippen molar-refractivity contribution in [2.75, 3.05) is 47.6 Å². The second kappa shape index (κ2) is 23.4. The summed E-state index contributed by atoms with van der Waals surface area (Å²) in [7, 11) is 3.81. The Labute approximate surface area is 223 Å². The summed E-state index contributed by atoms with van der Waals surface area (Å²) < 4.78 is 21.9. The van der Waals surface area contributed by atoms with E-state index in [1.165, 1.54) is 93.9 Å². The third-order valence-corrected chi connectivity index (χ3v) is 7.21. The van der Waals surface area contributed by atoms with Crippen molar-refractivity contribution >= 4 is 8.60 Å². The quantitative estimate of drug-likeness (QED) is 0.118. The molecule has 0 amide bonds. The van der Waals surface area contributed by atoms with Gasteiger partial charge in [-0.1, -0.05) is 96.1 Å². The molecule has 0 aliphatic carbocycles. The first-order chi connectivity index (χ1) is 17.5. The summed E-state index contributed by atoms with van der Waals surface area (Å²) in [5.41, 5.74) is 1.36. The molecular weight excluding hydrogens is 473 g/mol. The molecule has 0 saturated heterocycles. The molecule has 36 heavy (non-hydrogen) atoms. The molecule has 0 heterocycles. The number of ether oxygens (including phenoxy) is 2. The lowest BCUT2D eigenvalue weighted by atomic mass is 10.0. The van der Waals surface area contributed by atoms with Gasteiger partial charge in [0.15, 0.2) is 0 Å². The van der Waals surface area contributed by atoms with E-state index < -0.39 is 8.60 Å².